The minimum absolute atomic E-state index is 0.0492. The second kappa shape index (κ2) is 4.72. The van der Waals surface area contributed by atoms with E-state index in [4.69, 9.17) is 5.26 Å². The molecule has 0 heterocycles. The second-order valence-corrected chi connectivity index (χ2v) is 3.58. The first-order valence-electron chi connectivity index (χ1n) is 4.75. The van der Waals surface area contributed by atoms with Gasteiger partial charge in [-0.2, -0.15) is 5.26 Å². The summed E-state index contributed by atoms with van der Waals surface area (Å²) in [4.78, 5) is 11.1. The lowest BCUT2D eigenvalue weighted by atomic mass is 9.94. The van der Waals surface area contributed by atoms with Gasteiger partial charge in [0.1, 0.15) is 5.78 Å². The van der Waals surface area contributed by atoms with Gasteiger partial charge in [-0.05, 0) is 24.6 Å². The molecule has 0 saturated heterocycles. The van der Waals surface area contributed by atoms with E-state index in [0.717, 1.165) is 0 Å². The minimum Gasteiger partial charge on any atom is -0.388 e. The molecule has 0 spiro atoms. The molecule has 78 valence electrons. The monoisotopic (exact) mass is 203 g/mol. The first-order valence-corrected chi connectivity index (χ1v) is 4.75. The van der Waals surface area contributed by atoms with Crippen LogP contribution in [-0.4, -0.2) is 10.9 Å². The van der Waals surface area contributed by atoms with Crippen LogP contribution in [0.2, 0.25) is 0 Å². The van der Waals surface area contributed by atoms with Gasteiger partial charge < -0.3 is 5.11 Å². The first-order chi connectivity index (χ1) is 7.06. The van der Waals surface area contributed by atoms with Gasteiger partial charge in [0.15, 0.2) is 0 Å². The first kappa shape index (κ1) is 11.4. The fourth-order valence-electron chi connectivity index (χ4n) is 1.27. The lowest BCUT2D eigenvalue weighted by Crippen LogP contribution is -2.16. The average molecular weight is 203 g/mol. The van der Waals surface area contributed by atoms with Crippen molar-refractivity contribution in [3.63, 3.8) is 0 Å². The highest BCUT2D eigenvalue weighted by Crippen LogP contribution is 2.22. The van der Waals surface area contributed by atoms with Gasteiger partial charge in [0, 0.05) is 5.92 Å². The SMILES string of the molecule is CC(=O)[C@@H](C)[C@@H](O)c1ccc(C#N)cc1. The van der Waals surface area contributed by atoms with E-state index in [9.17, 15) is 9.90 Å². The van der Waals surface area contributed by atoms with E-state index in [2.05, 4.69) is 0 Å². The standard InChI is InChI=1S/C12H13NO2/c1-8(9(2)14)12(15)11-5-3-10(7-13)4-6-11/h3-6,8,12,15H,1-2H3/t8-,12-/m1/s1. The molecule has 1 aromatic rings. The highest BCUT2D eigenvalue weighted by Gasteiger charge is 2.19. The molecule has 0 saturated carbocycles. The topological polar surface area (TPSA) is 61.1 Å². The van der Waals surface area contributed by atoms with Gasteiger partial charge in [0.05, 0.1) is 17.7 Å². The third kappa shape index (κ3) is 2.64. The number of carbonyl (C=O) groups is 1. The molecule has 15 heavy (non-hydrogen) atoms. The molecule has 0 unspecified atom stereocenters. The molecule has 3 heteroatoms. The van der Waals surface area contributed by atoms with Gasteiger partial charge in [0.2, 0.25) is 0 Å². The smallest absolute Gasteiger partial charge is 0.135 e. The van der Waals surface area contributed by atoms with Crippen LogP contribution in [0.4, 0.5) is 0 Å². The Kier molecular flexibility index (Phi) is 3.59. The third-order valence-corrected chi connectivity index (χ3v) is 2.50. The molecular weight excluding hydrogens is 190 g/mol. The highest BCUT2D eigenvalue weighted by atomic mass is 16.3. The number of Topliss-reactive ketones (excluding diaryl/α,β-unsaturated/α-hetero) is 1. The van der Waals surface area contributed by atoms with Crippen LogP contribution in [0.3, 0.4) is 0 Å². The molecule has 2 atom stereocenters. The number of hydrogen-bond acceptors (Lipinski definition) is 3. The van der Waals surface area contributed by atoms with Gasteiger partial charge in [-0.1, -0.05) is 19.1 Å². The predicted octanol–water partition coefficient (Wildman–Crippen LogP) is 1.82. The third-order valence-electron chi connectivity index (χ3n) is 2.50. The normalized spacial score (nSPS) is 14.0. The average Bonchev–Trinajstić information content (AvgIpc) is 2.27. The Bertz CT molecular complexity index is 389. The molecule has 3 nitrogen and oxygen atoms in total. The summed E-state index contributed by atoms with van der Waals surface area (Å²) in [6.45, 7) is 3.14. The Balaban J connectivity index is 2.88. The molecular formula is C12H13NO2. The zero-order valence-electron chi connectivity index (χ0n) is 8.77. The fraction of sp³-hybridized carbons (Fsp3) is 0.333. The molecule has 0 aliphatic heterocycles. The summed E-state index contributed by atoms with van der Waals surface area (Å²) < 4.78 is 0. The number of hydrogen-bond donors (Lipinski definition) is 1. The van der Waals surface area contributed by atoms with Crippen molar-refractivity contribution in [2.45, 2.75) is 20.0 Å². The van der Waals surface area contributed by atoms with Crippen molar-refractivity contribution in [1.29, 1.82) is 5.26 Å². The maximum absolute atomic E-state index is 11.1. The van der Waals surface area contributed by atoms with Gasteiger partial charge in [-0.25, -0.2) is 0 Å². The zero-order chi connectivity index (χ0) is 11.4. The van der Waals surface area contributed by atoms with E-state index in [1.54, 1.807) is 31.2 Å². The number of carbonyl (C=O) groups excluding carboxylic acids is 1. The van der Waals surface area contributed by atoms with Crippen LogP contribution in [0.1, 0.15) is 31.1 Å². The van der Waals surface area contributed by atoms with Gasteiger partial charge >= 0.3 is 0 Å². The second-order valence-electron chi connectivity index (χ2n) is 3.58. The van der Waals surface area contributed by atoms with E-state index < -0.39 is 12.0 Å². The predicted molar refractivity (Wildman–Crippen MR) is 56.0 cm³/mol. The Morgan fingerprint density at radius 1 is 1.40 bits per heavy atom. The zero-order valence-corrected chi connectivity index (χ0v) is 8.77. The van der Waals surface area contributed by atoms with Crippen LogP contribution < -0.4 is 0 Å². The Morgan fingerprint density at radius 3 is 2.33 bits per heavy atom. The summed E-state index contributed by atoms with van der Waals surface area (Å²) in [7, 11) is 0. The number of aliphatic hydroxyl groups is 1. The molecule has 1 N–H and O–H groups in total. The summed E-state index contributed by atoms with van der Waals surface area (Å²) in [6.07, 6.45) is -0.796. The number of ketones is 1. The van der Waals surface area contributed by atoms with Crippen molar-refractivity contribution < 1.29 is 9.90 Å². The minimum atomic E-state index is -0.796. The quantitative estimate of drug-likeness (QED) is 0.815. The summed E-state index contributed by atoms with van der Waals surface area (Å²) >= 11 is 0. The molecule has 0 aromatic heterocycles. The lowest BCUT2D eigenvalue weighted by Gasteiger charge is -2.16. The van der Waals surface area contributed by atoms with Crippen molar-refractivity contribution >= 4 is 5.78 Å². The number of rotatable bonds is 3. The van der Waals surface area contributed by atoms with Crippen molar-refractivity contribution in [1.82, 2.24) is 0 Å². The number of benzene rings is 1. The summed E-state index contributed by atoms with van der Waals surface area (Å²) in [5.74, 6) is -0.468. The molecule has 0 radical (unpaired) electrons. The van der Waals surface area contributed by atoms with Crippen LogP contribution >= 0.6 is 0 Å². The molecule has 1 rings (SSSR count). The Labute approximate surface area is 89.0 Å². The lowest BCUT2D eigenvalue weighted by molar-refractivity contribution is -0.123. The fourth-order valence-corrected chi connectivity index (χ4v) is 1.27. The molecule has 0 amide bonds. The van der Waals surface area contributed by atoms with E-state index in [1.807, 2.05) is 6.07 Å². The Hall–Kier alpha value is -1.66. The van der Waals surface area contributed by atoms with Crippen LogP contribution in [0, 0.1) is 17.2 Å². The molecule has 0 bridgehead atoms. The maximum atomic E-state index is 11.1. The summed E-state index contributed by atoms with van der Waals surface area (Å²) in [5, 5.41) is 18.4. The largest absolute Gasteiger partial charge is 0.388 e. The summed E-state index contributed by atoms with van der Waals surface area (Å²) in [6, 6.07) is 8.60. The number of nitrogens with zero attached hydrogens (tertiary/aromatic N) is 1. The van der Waals surface area contributed by atoms with Crippen molar-refractivity contribution in [2.75, 3.05) is 0 Å². The van der Waals surface area contributed by atoms with Crippen LogP contribution in [0.15, 0.2) is 24.3 Å². The Morgan fingerprint density at radius 2 is 1.93 bits per heavy atom. The van der Waals surface area contributed by atoms with Crippen LogP contribution in [0.25, 0.3) is 0 Å². The van der Waals surface area contributed by atoms with Gasteiger partial charge in [0.25, 0.3) is 0 Å². The molecule has 0 aliphatic rings. The van der Waals surface area contributed by atoms with Crippen molar-refractivity contribution in [3.8, 4) is 6.07 Å². The van der Waals surface area contributed by atoms with Gasteiger partial charge in [-0.15, -0.1) is 0 Å². The number of nitriles is 1. The maximum Gasteiger partial charge on any atom is 0.135 e. The molecule has 0 fully saturated rings. The van der Waals surface area contributed by atoms with Crippen LogP contribution in [-0.2, 0) is 4.79 Å². The van der Waals surface area contributed by atoms with E-state index in [1.165, 1.54) is 6.92 Å². The molecule has 0 aliphatic carbocycles. The molecule has 1 aromatic carbocycles. The number of aliphatic hydroxyl groups excluding tert-OH is 1. The van der Waals surface area contributed by atoms with Crippen molar-refractivity contribution in [3.05, 3.63) is 35.4 Å². The van der Waals surface area contributed by atoms with E-state index in [0.29, 0.717) is 11.1 Å². The van der Waals surface area contributed by atoms with Crippen molar-refractivity contribution in [2.24, 2.45) is 5.92 Å². The van der Waals surface area contributed by atoms with E-state index in [-0.39, 0.29) is 5.78 Å². The highest BCUT2D eigenvalue weighted by molar-refractivity contribution is 5.78. The van der Waals surface area contributed by atoms with E-state index >= 15 is 0 Å². The summed E-state index contributed by atoms with van der Waals surface area (Å²) in [5.41, 5.74) is 1.21. The van der Waals surface area contributed by atoms with Crippen LogP contribution in [0.5, 0.6) is 0 Å². The van der Waals surface area contributed by atoms with Gasteiger partial charge in [-0.3, -0.25) is 4.79 Å².